The van der Waals surface area contributed by atoms with Crippen molar-refractivity contribution >= 4 is 22.8 Å². The van der Waals surface area contributed by atoms with E-state index < -0.39 is 29.2 Å². The van der Waals surface area contributed by atoms with Gasteiger partial charge in [-0.3, -0.25) is 23.9 Å². The third-order valence-electron chi connectivity index (χ3n) is 3.15. The fourth-order valence-corrected chi connectivity index (χ4v) is 1.98. The molecule has 1 aromatic heterocycles. The van der Waals surface area contributed by atoms with Gasteiger partial charge in [0, 0.05) is 6.54 Å². The van der Waals surface area contributed by atoms with Gasteiger partial charge in [-0.15, -0.1) is 0 Å². The molecule has 0 aliphatic heterocycles. The predicted molar refractivity (Wildman–Crippen MR) is 78.2 cm³/mol. The maximum absolute atomic E-state index is 11.9. The van der Waals surface area contributed by atoms with Crippen molar-refractivity contribution in [3.63, 3.8) is 0 Å². The van der Waals surface area contributed by atoms with Gasteiger partial charge in [-0.25, -0.2) is 4.79 Å². The van der Waals surface area contributed by atoms with Crippen LogP contribution in [0.1, 0.15) is 13.3 Å². The van der Waals surface area contributed by atoms with E-state index in [2.05, 4.69) is 4.98 Å². The highest BCUT2D eigenvalue weighted by atomic mass is 16.5. The number of hydrogen-bond donors (Lipinski definition) is 2. The molecule has 3 N–H and O–H groups in total. The van der Waals surface area contributed by atoms with E-state index in [0.717, 1.165) is 0 Å². The number of nitrogens with one attached hydrogen (secondary N) is 1. The number of aryl methyl sites for hydroxylation is 1. The van der Waals surface area contributed by atoms with Gasteiger partial charge in [-0.1, -0.05) is 12.1 Å². The number of benzene rings is 1. The van der Waals surface area contributed by atoms with Gasteiger partial charge in [0.1, 0.15) is 0 Å². The highest BCUT2D eigenvalue weighted by molar-refractivity contribution is 5.82. The van der Waals surface area contributed by atoms with Gasteiger partial charge in [-0.05, 0) is 19.1 Å². The van der Waals surface area contributed by atoms with Crippen molar-refractivity contribution in [3.05, 3.63) is 45.1 Å². The second-order valence-electron chi connectivity index (χ2n) is 4.71. The number of carbonyl (C=O) groups is 2. The number of para-hydroxylation sites is 1. The molecule has 8 heteroatoms. The molecule has 0 bridgehead atoms. The van der Waals surface area contributed by atoms with E-state index in [9.17, 15) is 19.2 Å². The molecule has 0 saturated carbocycles. The lowest BCUT2D eigenvalue weighted by Gasteiger charge is -2.11. The van der Waals surface area contributed by atoms with E-state index in [1.54, 1.807) is 24.3 Å². The number of hydrogen-bond acceptors (Lipinski definition) is 5. The minimum absolute atomic E-state index is 0.0143. The molecular formula is C14H15N3O5. The van der Waals surface area contributed by atoms with E-state index in [4.69, 9.17) is 10.5 Å². The second kappa shape index (κ2) is 6.25. The Hall–Kier alpha value is -2.90. The standard InChI is InChI=1S/C14H15N3O5/c1-8(12(15)19)22-11(18)6-7-17-10-5-3-2-4-9(10)13(20)16-14(17)21/h2-5,8H,6-7H2,1H3,(H2,15,19)(H,16,20,21). The lowest BCUT2D eigenvalue weighted by molar-refractivity contribution is -0.153. The molecule has 0 saturated heterocycles. The van der Waals surface area contributed by atoms with Crippen LogP contribution < -0.4 is 17.0 Å². The van der Waals surface area contributed by atoms with Gasteiger partial charge in [0.05, 0.1) is 17.3 Å². The maximum atomic E-state index is 11.9. The lowest BCUT2D eigenvalue weighted by atomic mass is 10.2. The first kappa shape index (κ1) is 15.5. The Kier molecular flexibility index (Phi) is 4.40. The van der Waals surface area contributed by atoms with Gasteiger partial charge in [0.25, 0.3) is 11.5 Å². The molecule has 2 aromatic rings. The molecule has 1 unspecified atom stereocenters. The fraction of sp³-hybridized carbons (Fsp3) is 0.286. The fourth-order valence-electron chi connectivity index (χ4n) is 1.98. The van der Waals surface area contributed by atoms with Gasteiger partial charge >= 0.3 is 11.7 Å². The summed E-state index contributed by atoms with van der Waals surface area (Å²) in [5.74, 6) is -1.41. The molecule has 0 fully saturated rings. The first-order valence-electron chi connectivity index (χ1n) is 6.61. The number of H-pyrrole nitrogens is 1. The molecule has 1 atom stereocenters. The normalized spacial score (nSPS) is 12.0. The van der Waals surface area contributed by atoms with Crippen molar-refractivity contribution in [3.8, 4) is 0 Å². The molecule has 116 valence electrons. The molecule has 1 amide bonds. The Morgan fingerprint density at radius 1 is 1.32 bits per heavy atom. The van der Waals surface area contributed by atoms with Crippen LogP contribution in [0.3, 0.4) is 0 Å². The zero-order valence-corrected chi connectivity index (χ0v) is 11.9. The van der Waals surface area contributed by atoms with Crippen molar-refractivity contribution in [1.82, 2.24) is 9.55 Å². The Morgan fingerprint density at radius 2 is 2.00 bits per heavy atom. The summed E-state index contributed by atoms with van der Waals surface area (Å²) >= 11 is 0. The topological polar surface area (TPSA) is 124 Å². The van der Waals surface area contributed by atoms with Crippen molar-refractivity contribution in [2.24, 2.45) is 5.73 Å². The summed E-state index contributed by atoms with van der Waals surface area (Å²) in [6.07, 6.45) is -1.16. The average molecular weight is 305 g/mol. The smallest absolute Gasteiger partial charge is 0.328 e. The minimum Gasteiger partial charge on any atom is -0.453 e. The van der Waals surface area contributed by atoms with Crippen molar-refractivity contribution in [2.45, 2.75) is 26.0 Å². The van der Waals surface area contributed by atoms with E-state index >= 15 is 0 Å². The maximum Gasteiger partial charge on any atom is 0.328 e. The molecule has 1 heterocycles. The van der Waals surface area contributed by atoms with Crippen LogP contribution in [-0.2, 0) is 20.9 Å². The predicted octanol–water partition coefficient (Wildman–Crippen LogP) is -0.503. The van der Waals surface area contributed by atoms with Crippen molar-refractivity contribution in [1.29, 1.82) is 0 Å². The summed E-state index contributed by atoms with van der Waals surface area (Å²) in [6.45, 7) is 1.38. The minimum atomic E-state index is -1.03. The Morgan fingerprint density at radius 3 is 2.68 bits per heavy atom. The van der Waals surface area contributed by atoms with Crippen LogP contribution >= 0.6 is 0 Å². The average Bonchev–Trinajstić information content (AvgIpc) is 2.46. The van der Waals surface area contributed by atoms with E-state index in [1.807, 2.05) is 0 Å². The largest absolute Gasteiger partial charge is 0.453 e. The summed E-state index contributed by atoms with van der Waals surface area (Å²) in [4.78, 5) is 48.2. The third kappa shape index (κ3) is 3.22. The third-order valence-corrected chi connectivity index (χ3v) is 3.15. The number of primary amides is 1. The Balaban J connectivity index is 2.22. The number of ether oxygens (including phenoxy) is 1. The molecule has 22 heavy (non-hydrogen) atoms. The summed E-state index contributed by atoms with van der Waals surface area (Å²) in [7, 11) is 0. The van der Waals surface area contributed by atoms with E-state index in [-0.39, 0.29) is 13.0 Å². The van der Waals surface area contributed by atoms with Gasteiger partial charge in [0.15, 0.2) is 6.10 Å². The first-order valence-corrected chi connectivity index (χ1v) is 6.61. The highest BCUT2D eigenvalue weighted by Gasteiger charge is 2.15. The Labute approximate surface area is 124 Å². The number of esters is 1. The van der Waals surface area contributed by atoms with Crippen LogP contribution in [0.2, 0.25) is 0 Å². The van der Waals surface area contributed by atoms with Crippen LogP contribution in [0, 0.1) is 0 Å². The molecule has 0 aliphatic rings. The number of amides is 1. The Bertz CT molecular complexity index is 836. The van der Waals surface area contributed by atoms with Gasteiger partial charge < -0.3 is 10.5 Å². The molecule has 2 rings (SSSR count). The number of aromatic nitrogens is 2. The molecule has 0 aliphatic carbocycles. The molecular weight excluding hydrogens is 290 g/mol. The van der Waals surface area contributed by atoms with Crippen LogP contribution in [0.5, 0.6) is 0 Å². The number of rotatable bonds is 5. The number of carbonyl (C=O) groups excluding carboxylic acids is 2. The summed E-state index contributed by atoms with van der Waals surface area (Å²) in [6, 6.07) is 6.56. The van der Waals surface area contributed by atoms with Gasteiger partial charge in [-0.2, -0.15) is 0 Å². The molecule has 8 nitrogen and oxygen atoms in total. The summed E-state index contributed by atoms with van der Waals surface area (Å²) < 4.78 is 6.08. The van der Waals surface area contributed by atoms with E-state index in [1.165, 1.54) is 11.5 Å². The zero-order valence-electron chi connectivity index (χ0n) is 11.9. The van der Waals surface area contributed by atoms with Gasteiger partial charge in [0.2, 0.25) is 0 Å². The molecule has 1 aromatic carbocycles. The lowest BCUT2D eigenvalue weighted by Crippen LogP contribution is -2.33. The van der Waals surface area contributed by atoms with Crippen LogP contribution in [-0.4, -0.2) is 27.5 Å². The summed E-state index contributed by atoms with van der Waals surface area (Å²) in [5, 5.41) is 0.348. The number of nitrogens with zero attached hydrogens (tertiary/aromatic N) is 1. The van der Waals surface area contributed by atoms with Crippen molar-refractivity contribution < 1.29 is 14.3 Å². The summed E-state index contributed by atoms with van der Waals surface area (Å²) in [5.41, 5.74) is 4.32. The first-order chi connectivity index (χ1) is 10.4. The van der Waals surface area contributed by atoms with Crippen LogP contribution in [0.15, 0.2) is 33.9 Å². The van der Waals surface area contributed by atoms with E-state index in [0.29, 0.717) is 10.9 Å². The monoisotopic (exact) mass is 305 g/mol. The van der Waals surface area contributed by atoms with Crippen LogP contribution in [0.25, 0.3) is 10.9 Å². The quantitative estimate of drug-likeness (QED) is 0.720. The van der Waals surface area contributed by atoms with Crippen molar-refractivity contribution in [2.75, 3.05) is 0 Å². The molecule has 0 spiro atoms. The number of nitrogens with two attached hydrogens (primary N) is 1. The second-order valence-corrected chi connectivity index (χ2v) is 4.71. The van der Waals surface area contributed by atoms with Crippen LogP contribution in [0.4, 0.5) is 0 Å². The molecule has 0 radical (unpaired) electrons. The number of fused-ring (bicyclic) bond motifs is 1. The SMILES string of the molecule is CC(OC(=O)CCn1c(=O)[nH]c(=O)c2ccccc21)C(N)=O. The zero-order chi connectivity index (χ0) is 16.3. The highest BCUT2D eigenvalue weighted by Crippen LogP contribution is 2.07. The number of aromatic amines is 1.